The minimum atomic E-state index is -0.414. The number of nitrogens with one attached hydrogen (secondary N) is 1. The van der Waals surface area contributed by atoms with Crippen molar-refractivity contribution in [1.29, 1.82) is 0 Å². The van der Waals surface area contributed by atoms with E-state index in [0.29, 0.717) is 0 Å². The van der Waals surface area contributed by atoms with Gasteiger partial charge in [-0.2, -0.15) is 0 Å². The van der Waals surface area contributed by atoms with Gasteiger partial charge in [-0.15, -0.1) is 0 Å². The molecule has 0 aromatic rings. The van der Waals surface area contributed by atoms with E-state index in [9.17, 15) is 9.18 Å². The molecule has 3 N–H and O–H groups in total. The van der Waals surface area contributed by atoms with Gasteiger partial charge in [0.1, 0.15) is 6.67 Å². The van der Waals surface area contributed by atoms with Crippen LogP contribution in [-0.2, 0) is 4.79 Å². The minimum Gasteiger partial charge on any atom is -0.370 e. The highest BCUT2D eigenvalue weighted by Gasteiger charge is 2.03. The summed E-state index contributed by atoms with van der Waals surface area (Å²) in [6.07, 6.45) is 0.264. The normalized spacial score (nSPS) is 13.0. The molecule has 0 saturated carbocycles. The second-order valence-corrected chi connectivity index (χ2v) is 2.21. The summed E-state index contributed by atoms with van der Waals surface area (Å²) in [7, 11) is 0. The van der Waals surface area contributed by atoms with Gasteiger partial charge in [0.25, 0.3) is 0 Å². The van der Waals surface area contributed by atoms with Gasteiger partial charge < -0.3 is 11.1 Å². The van der Waals surface area contributed by atoms with E-state index >= 15 is 0 Å². The van der Waals surface area contributed by atoms with Gasteiger partial charge in [0.15, 0.2) is 0 Å². The molecule has 0 saturated heterocycles. The Morgan fingerprint density at radius 1 is 1.80 bits per heavy atom. The van der Waals surface area contributed by atoms with Crippen molar-refractivity contribution in [3.05, 3.63) is 0 Å². The Labute approximate surface area is 59.8 Å². The van der Waals surface area contributed by atoms with E-state index in [1.807, 2.05) is 0 Å². The Hall–Kier alpha value is -0.640. The number of carbonyl (C=O) groups is 1. The van der Waals surface area contributed by atoms with Crippen molar-refractivity contribution >= 4 is 5.91 Å². The van der Waals surface area contributed by atoms with Crippen molar-refractivity contribution in [2.45, 2.75) is 19.4 Å². The zero-order valence-corrected chi connectivity index (χ0v) is 6.06. The summed E-state index contributed by atoms with van der Waals surface area (Å²) in [5, 5.41) is 2.79. The first-order valence-electron chi connectivity index (χ1n) is 3.24. The van der Waals surface area contributed by atoms with E-state index in [2.05, 4.69) is 5.32 Å². The Morgan fingerprint density at radius 3 is 2.80 bits per heavy atom. The maximum Gasteiger partial charge on any atom is 0.218 e. The van der Waals surface area contributed by atoms with Gasteiger partial charge in [-0.1, -0.05) is 0 Å². The number of hydrogen-bond acceptors (Lipinski definition) is 2. The summed E-state index contributed by atoms with van der Waals surface area (Å²) in [6, 6.07) is -0.0201. The number of halogens is 1. The molecule has 4 heteroatoms. The third kappa shape index (κ3) is 5.50. The standard InChI is InChI=1S/C6H13FN2O/c1-5(4-6(8)10)9-3-2-7/h5,9H,2-4H2,1H3,(H2,8,10). The van der Waals surface area contributed by atoms with Crippen molar-refractivity contribution in [2.24, 2.45) is 5.73 Å². The summed E-state index contributed by atoms with van der Waals surface area (Å²) in [5.74, 6) is -0.362. The molecule has 0 aliphatic rings. The van der Waals surface area contributed by atoms with Gasteiger partial charge >= 0.3 is 0 Å². The highest BCUT2D eigenvalue weighted by Crippen LogP contribution is 1.87. The van der Waals surface area contributed by atoms with E-state index in [1.165, 1.54) is 0 Å². The van der Waals surface area contributed by atoms with Crippen molar-refractivity contribution < 1.29 is 9.18 Å². The van der Waals surface area contributed by atoms with Crippen LogP contribution < -0.4 is 11.1 Å². The molecule has 0 aliphatic carbocycles. The van der Waals surface area contributed by atoms with Crippen LogP contribution in [0, 0.1) is 0 Å². The number of hydrogen-bond donors (Lipinski definition) is 2. The van der Waals surface area contributed by atoms with Crippen LogP contribution in [0.1, 0.15) is 13.3 Å². The lowest BCUT2D eigenvalue weighted by Crippen LogP contribution is -2.32. The van der Waals surface area contributed by atoms with Crippen LogP contribution in [0.15, 0.2) is 0 Å². The molecule has 0 spiro atoms. The van der Waals surface area contributed by atoms with Gasteiger partial charge in [-0.25, -0.2) is 4.39 Å². The van der Waals surface area contributed by atoms with Gasteiger partial charge in [-0.3, -0.25) is 4.79 Å². The predicted octanol–water partition coefficient (Wildman–Crippen LogP) is -0.191. The number of carbonyl (C=O) groups excluding carboxylic acids is 1. The first-order chi connectivity index (χ1) is 4.66. The van der Waals surface area contributed by atoms with E-state index < -0.39 is 6.67 Å². The fraction of sp³-hybridized carbons (Fsp3) is 0.833. The third-order valence-corrected chi connectivity index (χ3v) is 1.09. The summed E-state index contributed by atoms with van der Waals surface area (Å²) in [5.41, 5.74) is 4.89. The Balaban J connectivity index is 3.25. The van der Waals surface area contributed by atoms with Crippen LogP contribution >= 0.6 is 0 Å². The average Bonchev–Trinajstić information content (AvgIpc) is 1.82. The van der Waals surface area contributed by atoms with Crippen LogP contribution in [0.5, 0.6) is 0 Å². The second kappa shape index (κ2) is 5.17. The monoisotopic (exact) mass is 148 g/mol. The Morgan fingerprint density at radius 2 is 2.40 bits per heavy atom. The lowest BCUT2D eigenvalue weighted by molar-refractivity contribution is -0.118. The van der Waals surface area contributed by atoms with Crippen molar-refractivity contribution in [3.8, 4) is 0 Å². The number of rotatable bonds is 5. The van der Waals surface area contributed by atoms with Gasteiger partial charge in [0.2, 0.25) is 5.91 Å². The zero-order valence-electron chi connectivity index (χ0n) is 6.06. The molecule has 60 valence electrons. The lowest BCUT2D eigenvalue weighted by atomic mass is 10.2. The molecular formula is C6H13FN2O. The SMILES string of the molecule is CC(CC(N)=O)NCCF. The van der Waals surface area contributed by atoms with Crippen LogP contribution in [0.4, 0.5) is 4.39 Å². The summed E-state index contributed by atoms with van der Waals surface area (Å²) >= 11 is 0. The molecule has 0 aliphatic heterocycles. The molecule has 0 bridgehead atoms. The first kappa shape index (κ1) is 9.36. The minimum absolute atomic E-state index is 0.0201. The number of alkyl halides is 1. The largest absolute Gasteiger partial charge is 0.370 e. The van der Waals surface area contributed by atoms with Crippen molar-refractivity contribution in [2.75, 3.05) is 13.2 Å². The molecule has 0 aromatic carbocycles. The molecule has 0 aromatic heterocycles. The van der Waals surface area contributed by atoms with Crippen LogP contribution in [-0.4, -0.2) is 25.2 Å². The molecular weight excluding hydrogens is 135 g/mol. The van der Waals surface area contributed by atoms with E-state index in [1.54, 1.807) is 6.92 Å². The fourth-order valence-electron chi connectivity index (χ4n) is 0.675. The molecule has 0 radical (unpaired) electrons. The Bertz CT molecular complexity index is 108. The van der Waals surface area contributed by atoms with Crippen LogP contribution in [0.3, 0.4) is 0 Å². The van der Waals surface area contributed by atoms with Crippen LogP contribution in [0.25, 0.3) is 0 Å². The smallest absolute Gasteiger partial charge is 0.218 e. The highest BCUT2D eigenvalue weighted by molar-refractivity contribution is 5.74. The summed E-state index contributed by atoms with van der Waals surface area (Å²) < 4.78 is 11.5. The molecule has 3 nitrogen and oxygen atoms in total. The molecule has 1 unspecified atom stereocenters. The zero-order chi connectivity index (χ0) is 7.98. The van der Waals surface area contributed by atoms with E-state index in [4.69, 9.17) is 5.73 Å². The highest BCUT2D eigenvalue weighted by atomic mass is 19.1. The molecule has 10 heavy (non-hydrogen) atoms. The van der Waals surface area contributed by atoms with Crippen molar-refractivity contribution in [3.63, 3.8) is 0 Å². The molecule has 0 heterocycles. The van der Waals surface area contributed by atoms with Gasteiger partial charge in [0, 0.05) is 19.0 Å². The fourth-order valence-corrected chi connectivity index (χ4v) is 0.675. The Kier molecular flexibility index (Phi) is 4.84. The van der Waals surface area contributed by atoms with Gasteiger partial charge in [-0.05, 0) is 6.92 Å². The molecule has 0 fully saturated rings. The third-order valence-electron chi connectivity index (χ3n) is 1.09. The van der Waals surface area contributed by atoms with Gasteiger partial charge in [0.05, 0.1) is 0 Å². The first-order valence-corrected chi connectivity index (χ1v) is 3.24. The second-order valence-electron chi connectivity index (χ2n) is 2.21. The predicted molar refractivity (Wildman–Crippen MR) is 37.3 cm³/mol. The number of amides is 1. The molecule has 1 atom stereocenters. The van der Waals surface area contributed by atoms with E-state index in [0.717, 1.165) is 0 Å². The summed E-state index contributed by atoms with van der Waals surface area (Å²) in [4.78, 5) is 10.3. The topological polar surface area (TPSA) is 55.1 Å². The lowest BCUT2D eigenvalue weighted by Gasteiger charge is -2.08. The summed E-state index contributed by atoms with van der Waals surface area (Å²) in [6.45, 7) is 1.66. The van der Waals surface area contributed by atoms with Crippen molar-refractivity contribution in [1.82, 2.24) is 5.32 Å². The number of primary amides is 1. The quantitative estimate of drug-likeness (QED) is 0.567. The maximum atomic E-state index is 11.5. The average molecular weight is 148 g/mol. The van der Waals surface area contributed by atoms with Crippen LogP contribution in [0.2, 0.25) is 0 Å². The molecule has 1 amide bonds. The molecule has 0 rings (SSSR count). The number of nitrogens with two attached hydrogens (primary N) is 1. The van der Waals surface area contributed by atoms with E-state index in [-0.39, 0.29) is 24.9 Å². The maximum absolute atomic E-state index is 11.5.